The fraction of sp³-hybridized carbons (Fsp3) is 0.714. The minimum atomic E-state index is 0. The fourth-order valence-corrected chi connectivity index (χ4v) is 2.50. The molecule has 0 saturated heterocycles. The van der Waals surface area contributed by atoms with Crippen LogP contribution in [-0.4, -0.2) is 75.2 Å². The first-order chi connectivity index (χ1) is 10.1. The zero-order valence-electron chi connectivity index (χ0n) is 14.1. The van der Waals surface area contributed by atoms with E-state index in [4.69, 9.17) is 4.74 Å². The number of nitrogens with one attached hydrogen (secondary N) is 1. The standard InChI is InChI=1S/C14H27N5OS.HI/c1-12-17-13(11-21-12)10-19(4)14(15-2)16-6-7-18(3)8-9-20-5;/h11H,6-10H2,1-5H3,(H,15,16);1H. The summed E-state index contributed by atoms with van der Waals surface area (Å²) >= 11 is 1.68. The lowest BCUT2D eigenvalue weighted by Gasteiger charge is -2.23. The molecule has 128 valence electrons. The predicted molar refractivity (Wildman–Crippen MR) is 104 cm³/mol. The first-order valence-electron chi connectivity index (χ1n) is 7.07. The predicted octanol–water partition coefficient (Wildman–Crippen LogP) is 1.65. The third kappa shape index (κ3) is 8.25. The van der Waals surface area contributed by atoms with Crippen LogP contribution in [0.2, 0.25) is 0 Å². The Hall–Kier alpha value is -0.450. The number of nitrogens with zero attached hydrogens (tertiary/aromatic N) is 4. The highest BCUT2D eigenvalue weighted by Crippen LogP contribution is 2.09. The lowest BCUT2D eigenvalue weighted by molar-refractivity contribution is 0.162. The van der Waals surface area contributed by atoms with Crippen LogP contribution in [0.4, 0.5) is 0 Å². The van der Waals surface area contributed by atoms with Crippen molar-refractivity contribution in [1.82, 2.24) is 20.1 Å². The number of methoxy groups -OCH3 is 1. The second-order valence-corrected chi connectivity index (χ2v) is 6.05. The molecule has 0 aromatic carbocycles. The third-order valence-electron chi connectivity index (χ3n) is 3.09. The molecule has 1 rings (SSSR count). The van der Waals surface area contributed by atoms with Crippen LogP contribution in [0, 0.1) is 6.92 Å². The molecule has 6 nitrogen and oxygen atoms in total. The van der Waals surface area contributed by atoms with E-state index in [1.165, 1.54) is 0 Å². The summed E-state index contributed by atoms with van der Waals surface area (Å²) in [6, 6.07) is 0. The topological polar surface area (TPSA) is 53.0 Å². The monoisotopic (exact) mass is 441 g/mol. The molecule has 0 fully saturated rings. The van der Waals surface area contributed by atoms with Crippen LogP contribution in [-0.2, 0) is 11.3 Å². The van der Waals surface area contributed by atoms with Gasteiger partial charge in [-0.05, 0) is 14.0 Å². The van der Waals surface area contributed by atoms with Gasteiger partial charge in [0.15, 0.2) is 5.96 Å². The zero-order valence-corrected chi connectivity index (χ0v) is 17.3. The minimum Gasteiger partial charge on any atom is -0.383 e. The third-order valence-corrected chi connectivity index (χ3v) is 3.92. The maximum absolute atomic E-state index is 5.07. The van der Waals surface area contributed by atoms with Crippen molar-refractivity contribution in [1.29, 1.82) is 0 Å². The molecule has 1 aromatic heterocycles. The van der Waals surface area contributed by atoms with E-state index in [9.17, 15) is 0 Å². The molecule has 1 aromatic rings. The number of rotatable bonds is 8. The number of aromatic nitrogens is 1. The molecule has 8 heteroatoms. The molecule has 0 bridgehead atoms. The summed E-state index contributed by atoms with van der Waals surface area (Å²) in [7, 11) is 7.65. The van der Waals surface area contributed by atoms with Gasteiger partial charge in [0.2, 0.25) is 0 Å². The Bertz CT molecular complexity index is 441. The number of likely N-dealkylation sites (N-methyl/N-ethyl adjacent to an activating group) is 1. The van der Waals surface area contributed by atoms with Gasteiger partial charge in [0.05, 0.1) is 23.9 Å². The summed E-state index contributed by atoms with van der Waals surface area (Å²) in [4.78, 5) is 13.1. The van der Waals surface area contributed by atoms with Gasteiger partial charge in [-0.25, -0.2) is 4.98 Å². The van der Waals surface area contributed by atoms with E-state index >= 15 is 0 Å². The molecular formula is C14H28IN5OS. The van der Waals surface area contributed by atoms with Gasteiger partial charge < -0.3 is 19.9 Å². The van der Waals surface area contributed by atoms with E-state index in [1.807, 2.05) is 14.0 Å². The smallest absolute Gasteiger partial charge is 0.193 e. The fourth-order valence-electron chi connectivity index (χ4n) is 1.90. The highest BCUT2D eigenvalue weighted by molar-refractivity contribution is 14.0. The van der Waals surface area contributed by atoms with E-state index in [0.29, 0.717) is 0 Å². The van der Waals surface area contributed by atoms with E-state index in [-0.39, 0.29) is 24.0 Å². The number of ether oxygens (including phenoxy) is 1. The summed E-state index contributed by atoms with van der Waals surface area (Å²) in [6.07, 6.45) is 0. The minimum absolute atomic E-state index is 0. The van der Waals surface area contributed by atoms with Gasteiger partial charge in [0.25, 0.3) is 0 Å². The van der Waals surface area contributed by atoms with Crippen molar-refractivity contribution in [3.63, 3.8) is 0 Å². The van der Waals surface area contributed by atoms with Gasteiger partial charge in [-0.15, -0.1) is 35.3 Å². The second kappa shape index (κ2) is 12.0. The van der Waals surface area contributed by atoms with Gasteiger partial charge in [0.1, 0.15) is 0 Å². The first kappa shape index (κ1) is 21.6. The lowest BCUT2D eigenvalue weighted by Crippen LogP contribution is -2.42. The maximum Gasteiger partial charge on any atom is 0.193 e. The molecule has 0 radical (unpaired) electrons. The van der Waals surface area contributed by atoms with E-state index in [0.717, 1.165) is 49.4 Å². The highest BCUT2D eigenvalue weighted by atomic mass is 127. The van der Waals surface area contributed by atoms with E-state index < -0.39 is 0 Å². The molecule has 0 aliphatic carbocycles. The molecule has 0 aliphatic heterocycles. The van der Waals surface area contributed by atoms with Gasteiger partial charge in [-0.2, -0.15) is 0 Å². The number of aliphatic imine (C=N–C) groups is 1. The molecule has 1 N–H and O–H groups in total. The largest absolute Gasteiger partial charge is 0.383 e. The number of guanidine groups is 1. The first-order valence-corrected chi connectivity index (χ1v) is 7.95. The number of aryl methyl sites for hydroxylation is 1. The highest BCUT2D eigenvalue weighted by Gasteiger charge is 2.08. The van der Waals surface area contributed by atoms with Gasteiger partial charge in [-0.3, -0.25) is 4.99 Å². The van der Waals surface area contributed by atoms with Crippen LogP contribution in [0.3, 0.4) is 0 Å². The van der Waals surface area contributed by atoms with E-state index in [1.54, 1.807) is 25.5 Å². The van der Waals surface area contributed by atoms with Gasteiger partial charge in [-0.1, -0.05) is 0 Å². The molecule has 0 atom stereocenters. The van der Waals surface area contributed by atoms with Crippen molar-refractivity contribution < 1.29 is 4.74 Å². The number of thiazole rings is 1. The summed E-state index contributed by atoms with van der Waals surface area (Å²) in [5, 5.41) is 6.57. The SMILES string of the molecule is CN=C(NCCN(C)CCOC)N(C)Cc1csc(C)n1.I. The van der Waals surface area contributed by atoms with Crippen LogP contribution in [0.5, 0.6) is 0 Å². The lowest BCUT2D eigenvalue weighted by atomic mass is 10.4. The molecule has 22 heavy (non-hydrogen) atoms. The summed E-state index contributed by atoms with van der Waals surface area (Å²) in [5.41, 5.74) is 1.08. The molecule has 0 spiro atoms. The average Bonchev–Trinajstić information content (AvgIpc) is 2.86. The molecule has 0 unspecified atom stereocenters. The van der Waals surface area contributed by atoms with Crippen LogP contribution >= 0.6 is 35.3 Å². The Balaban J connectivity index is 0.00000441. The Morgan fingerprint density at radius 1 is 1.41 bits per heavy atom. The molecule has 1 heterocycles. The number of halogens is 1. The Morgan fingerprint density at radius 3 is 2.68 bits per heavy atom. The molecular weight excluding hydrogens is 413 g/mol. The van der Waals surface area contributed by atoms with Crippen LogP contribution in [0.15, 0.2) is 10.4 Å². The van der Waals surface area contributed by atoms with Crippen molar-refractivity contribution in [3.8, 4) is 0 Å². The maximum atomic E-state index is 5.07. The van der Waals surface area contributed by atoms with Gasteiger partial charge >= 0.3 is 0 Å². The number of hydrogen-bond donors (Lipinski definition) is 1. The Morgan fingerprint density at radius 2 is 2.14 bits per heavy atom. The molecule has 0 saturated carbocycles. The summed E-state index contributed by atoms with van der Waals surface area (Å²) < 4.78 is 5.07. The van der Waals surface area contributed by atoms with Crippen LogP contribution in [0.1, 0.15) is 10.7 Å². The Kier molecular flexibility index (Phi) is 11.8. The average molecular weight is 441 g/mol. The molecule has 0 aliphatic rings. The van der Waals surface area contributed by atoms with Gasteiger partial charge in [0, 0.05) is 46.2 Å². The summed E-state index contributed by atoms with van der Waals surface area (Å²) in [5.74, 6) is 0.890. The zero-order chi connectivity index (χ0) is 15.7. The summed E-state index contributed by atoms with van der Waals surface area (Å²) in [6.45, 7) is 6.29. The van der Waals surface area contributed by atoms with Crippen molar-refractivity contribution in [3.05, 3.63) is 16.1 Å². The van der Waals surface area contributed by atoms with Crippen molar-refractivity contribution in [2.24, 2.45) is 4.99 Å². The van der Waals surface area contributed by atoms with Crippen molar-refractivity contribution in [2.75, 3.05) is 54.5 Å². The number of hydrogen-bond acceptors (Lipinski definition) is 5. The van der Waals surface area contributed by atoms with E-state index in [2.05, 4.69) is 37.5 Å². The molecule has 0 amide bonds. The quantitative estimate of drug-likeness (QED) is 0.378. The second-order valence-electron chi connectivity index (χ2n) is 4.98. The normalized spacial score (nSPS) is 11.5. The van der Waals surface area contributed by atoms with Crippen molar-refractivity contribution in [2.45, 2.75) is 13.5 Å². The Labute approximate surface area is 155 Å². The van der Waals surface area contributed by atoms with Crippen molar-refractivity contribution >= 4 is 41.3 Å². The van der Waals surface area contributed by atoms with Crippen LogP contribution < -0.4 is 5.32 Å². The van der Waals surface area contributed by atoms with Crippen LogP contribution in [0.25, 0.3) is 0 Å².